The number of hydrogen-bond donors (Lipinski definition) is 2. The van der Waals surface area contributed by atoms with Crippen LogP contribution in [0.5, 0.6) is 0 Å². The molecule has 0 radical (unpaired) electrons. The summed E-state index contributed by atoms with van der Waals surface area (Å²) in [4.78, 5) is 16.6. The molecule has 2 aromatic heterocycles. The first kappa shape index (κ1) is 21.0. The second kappa shape index (κ2) is 8.88. The number of aliphatic carboxylic acids is 1. The number of carbonyl (C=O) groups is 1. The second-order valence-electron chi connectivity index (χ2n) is 7.59. The standard InChI is InChI=1S/C25H25N3O2S/c1-16-13-18(14-26)3-8-21(16)25-22(15-31-23(25)9-10-24(29)30)19-4-6-20(7-5-19)28-12-11-27-17(28)2/h3-8,11-13,15H,9-10,14,26H2,1-2H3,(H,29,30). The van der Waals surface area contributed by atoms with E-state index in [0.717, 1.165) is 49.8 Å². The first-order chi connectivity index (χ1) is 15.0. The quantitative estimate of drug-likeness (QED) is 0.413. The summed E-state index contributed by atoms with van der Waals surface area (Å²) in [5.41, 5.74) is 13.6. The van der Waals surface area contributed by atoms with Crippen LogP contribution in [0.2, 0.25) is 0 Å². The van der Waals surface area contributed by atoms with Crippen LogP contribution in [-0.4, -0.2) is 20.6 Å². The second-order valence-corrected chi connectivity index (χ2v) is 8.55. The highest BCUT2D eigenvalue weighted by Crippen LogP contribution is 2.41. The number of nitrogens with zero attached hydrogens (tertiary/aromatic N) is 2. The fraction of sp³-hybridized carbons (Fsp3) is 0.200. The third-order valence-corrected chi connectivity index (χ3v) is 6.56. The van der Waals surface area contributed by atoms with Gasteiger partial charge in [-0.05, 0) is 60.0 Å². The molecule has 0 saturated heterocycles. The number of nitrogens with two attached hydrogens (primary N) is 1. The van der Waals surface area contributed by atoms with Gasteiger partial charge >= 0.3 is 5.97 Å². The highest BCUT2D eigenvalue weighted by atomic mass is 32.1. The van der Waals surface area contributed by atoms with E-state index in [1.54, 1.807) is 17.5 Å². The minimum absolute atomic E-state index is 0.117. The van der Waals surface area contributed by atoms with E-state index in [0.29, 0.717) is 13.0 Å². The largest absolute Gasteiger partial charge is 0.481 e. The Bertz CT molecular complexity index is 1220. The van der Waals surface area contributed by atoms with E-state index in [9.17, 15) is 9.90 Å². The molecule has 0 saturated carbocycles. The smallest absolute Gasteiger partial charge is 0.303 e. The van der Waals surface area contributed by atoms with Crippen LogP contribution >= 0.6 is 11.3 Å². The number of carboxylic acids is 1. The summed E-state index contributed by atoms with van der Waals surface area (Å²) >= 11 is 1.63. The highest BCUT2D eigenvalue weighted by molar-refractivity contribution is 7.11. The number of aryl methyl sites for hydroxylation is 3. The van der Waals surface area contributed by atoms with Crippen molar-refractivity contribution in [1.29, 1.82) is 0 Å². The van der Waals surface area contributed by atoms with Crippen molar-refractivity contribution in [3.05, 3.63) is 82.1 Å². The molecule has 0 aliphatic heterocycles. The van der Waals surface area contributed by atoms with Gasteiger partial charge in [0, 0.05) is 40.6 Å². The molecule has 5 nitrogen and oxygen atoms in total. The van der Waals surface area contributed by atoms with Crippen molar-refractivity contribution in [3.8, 4) is 27.9 Å². The average molecular weight is 432 g/mol. The van der Waals surface area contributed by atoms with Gasteiger partial charge in [0.05, 0.1) is 6.42 Å². The molecule has 0 unspecified atom stereocenters. The summed E-state index contributed by atoms with van der Waals surface area (Å²) < 4.78 is 2.05. The molecule has 3 N–H and O–H groups in total. The molecule has 0 aliphatic carbocycles. The van der Waals surface area contributed by atoms with Crippen LogP contribution in [0.25, 0.3) is 27.9 Å². The van der Waals surface area contributed by atoms with Gasteiger partial charge in [0.2, 0.25) is 0 Å². The predicted octanol–water partition coefficient (Wildman–Crippen LogP) is 5.36. The van der Waals surface area contributed by atoms with Crippen LogP contribution in [0, 0.1) is 13.8 Å². The van der Waals surface area contributed by atoms with Gasteiger partial charge < -0.3 is 15.4 Å². The average Bonchev–Trinajstić information content (AvgIpc) is 3.38. The highest BCUT2D eigenvalue weighted by Gasteiger charge is 2.18. The summed E-state index contributed by atoms with van der Waals surface area (Å²) in [5, 5.41) is 11.3. The molecule has 0 spiro atoms. The van der Waals surface area contributed by atoms with Crippen molar-refractivity contribution in [1.82, 2.24) is 9.55 Å². The molecule has 0 aliphatic rings. The van der Waals surface area contributed by atoms with Crippen molar-refractivity contribution in [2.75, 3.05) is 0 Å². The van der Waals surface area contributed by atoms with Gasteiger partial charge in [-0.2, -0.15) is 0 Å². The number of imidazole rings is 1. The van der Waals surface area contributed by atoms with E-state index in [-0.39, 0.29) is 6.42 Å². The predicted molar refractivity (Wildman–Crippen MR) is 126 cm³/mol. The zero-order chi connectivity index (χ0) is 22.0. The normalized spacial score (nSPS) is 11.1. The van der Waals surface area contributed by atoms with E-state index in [1.807, 2.05) is 17.7 Å². The van der Waals surface area contributed by atoms with Crippen molar-refractivity contribution in [3.63, 3.8) is 0 Å². The summed E-state index contributed by atoms with van der Waals surface area (Å²) in [5.74, 6) is 0.159. The fourth-order valence-corrected chi connectivity index (χ4v) is 4.97. The minimum atomic E-state index is -0.781. The maximum absolute atomic E-state index is 11.2. The molecule has 31 heavy (non-hydrogen) atoms. The lowest BCUT2D eigenvalue weighted by Gasteiger charge is -2.13. The summed E-state index contributed by atoms with van der Waals surface area (Å²) in [6.45, 7) is 4.56. The van der Waals surface area contributed by atoms with E-state index < -0.39 is 5.97 Å². The molecule has 0 bridgehead atoms. The summed E-state index contributed by atoms with van der Waals surface area (Å²) in [6, 6.07) is 14.7. The van der Waals surface area contributed by atoms with Gasteiger partial charge in [-0.3, -0.25) is 4.79 Å². The van der Waals surface area contributed by atoms with Crippen molar-refractivity contribution < 1.29 is 9.90 Å². The molecule has 6 heteroatoms. The zero-order valence-electron chi connectivity index (χ0n) is 17.6. The molecule has 4 rings (SSSR count). The van der Waals surface area contributed by atoms with E-state index in [4.69, 9.17) is 5.73 Å². The summed E-state index contributed by atoms with van der Waals surface area (Å²) in [6.07, 6.45) is 4.38. The molecule has 0 amide bonds. The van der Waals surface area contributed by atoms with Crippen LogP contribution in [0.15, 0.2) is 60.2 Å². The fourth-order valence-electron chi connectivity index (χ4n) is 3.90. The Morgan fingerprint density at radius 3 is 2.52 bits per heavy atom. The molecular weight excluding hydrogens is 406 g/mol. The SMILES string of the molecule is Cc1cc(CN)ccc1-c1c(-c2ccc(-n3ccnc3C)cc2)csc1CCC(=O)O. The lowest BCUT2D eigenvalue weighted by molar-refractivity contribution is -0.136. The van der Waals surface area contributed by atoms with Gasteiger partial charge in [0.1, 0.15) is 5.82 Å². The van der Waals surface area contributed by atoms with Crippen LogP contribution in [0.1, 0.15) is 28.2 Å². The van der Waals surface area contributed by atoms with Crippen LogP contribution < -0.4 is 5.73 Å². The molecule has 0 atom stereocenters. The molecule has 0 fully saturated rings. The Balaban J connectivity index is 1.79. The van der Waals surface area contributed by atoms with Gasteiger partial charge in [0.15, 0.2) is 0 Å². The Morgan fingerprint density at radius 2 is 1.90 bits per heavy atom. The first-order valence-corrected chi connectivity index (χ1v) is 11.1. The van der Waals surface area contributed by atoms with E-state index in [2.05, 4.69) is 59.8 Å². The van der Waals surface area contributed by atoms with Crippen molar-refractivity contribution in [2.45, 2.75) is 33.2 Å². The first-order valence-electron chi connectivity index (χ1n) is 10.2. The number of rotatable bonds is 7. The molecule has 2 heterocycles. The maximum Gasteiger partial charge on any atom is 0.303 e. The number of carboxylic acid groups (broad SMARTS) is 1. The third kappa shape index (κ3) is 4.31. The molecule has 4 aromatic rings. The maximum atomic E-state index is 11.2. The molecule has 158 valence electrons. The number of aromatic nitrogens is 2. The molecule has 2 aromatic carbocycles. The zero-order valence-corrected chi connectivity index (χ0v) is 18.4. The van der Waals surface area contributed by atoms with Crippen LogP contribution in [0.4, 0.5) is 0 Å². The van der Waals surface area contributed by atoms with Crippen LogP contribution in [-0.2, 0) is 17.8 Å². The van der Waals surface area contributed by atoms with Gasteiger partial charge in [-0.1, -0.05) is 30.3 Å². The van der Waals surface area contributed by atoms with Gasteiger partial charge in [0.25, 0.3) is 0 Å². The summed E-state index contributed by atoms with van der Waals surface area (Å²) in [7, 11) is 0. The Morgan fingerprint density at radius 1 is 1.13 bits per heavy atom. The van der Waals surface area contributed by atoms with Crippen LogP contribution in [0.3, 0.4) is 0 Å². The van der Waals surface area contributed by atoms with E-state index >= 15 is 0 Å². The van der Waals surface area contributed by atoms with E-state index in [1.165, 1.54) is 0 Å². The molecular formula is C25H25N3O2S. The van der Waals surface area contributed by atoms with Gasteiger partial charge in [-0.25, -0.2) is 4.98 Å². The lowest BCUT2D eigenvalue weighted by atomic mass is 9.92. The van der Waals surface area contributed by atoms with Crippen molar-refractivity contribution in [2.24, 2.45) is 5.73 Å². The lowest BCUT2D eigenvalue weighted by Crippen LogP contribution is -1.99. The topological polar surface area (TPSA) is 81.1 Å². The van der Waals surface area contributed by atoms with Gasteiger partial charge in [-0.15, -0.1) is 11.3 Å². The third-order valence-electron chi connectivity index (χ3n) is 5.51. The monoisotopic (exact) mass is 431 g/mol. The Labute approximate surface area is 185 Å². The minimum Gasteiger partial charge on any atom is -0.481 e. The number of benzene rings is 2. The Hall–Kier alpha value is -3.22. The van der Waals surface area contributed by atoms with Crippen molar-refractivity contribution >= 4 is 17.3 Å². The number of hydrogen-bond acceptors (Lipinski definition) is 4. The number of thiophene rings is 1. The Kier molecular flexibility index (Phi) is 6.02.